The molecule has 5 heteroatoms. The number of carbonyl (C=O) groups is 1. The van der Waals surface area contributed by atoms with Crippen molar-refractivity contribution in [2.24, 2.45) is 5.41 Å². The van der Waals surface area contributed by atoms with Gasteiger partial charge in [0.25, 0.3) is 0 Å². The smallest absolute Gasteiger partial charge is 0.228 e. The van der Waals surface area contributed by atoms with E-state index in [1.807, 2.05) is 55.5 Å². The maximum Gasteiger partial charge on any atom is 0.228 e. The Morgan fingerprint density at radius 2 is 1.89 bits per heavy atom. The molecule has 5 nitrogen and oxygen atoms in total. The summed E-state index contributed by atoms with van der Waals surface area (Å²) in [5, 5.41) is 6.43. The summed E-state index contributed by atoms with van der Waals surface area (Å²) in [5.41, 5.74) is 1.62. The predicted octanol–water partition coefficient (Wildman–Crippen LogP) is 3.42. The van der Waals surface area contributed by atoms with Crippen molar-refractivity contribution in [3.8, 4) is 11.5 Å². The fourth-order valence-electron chi connectivity index (χ4n) is 3.50. The molecule has 0 radical (unpaired) electrons. The minimum atomic E-state index is -0.453. The zero-order chi connectivity index (χ0) is 19.1. The number of para-hydroxylation sites is 1. The summed E-state index contributed by atoms with van der Waals surface area (Å²) >= 11 is 0. The van der Waals surface area contributed by atoms with Gasteiger partial charge in [0.15, 0.2) is 0 Å². The number of aryl methyl sites for hydroxylation is 1. The van der Waals surface area contributed by atoms with Crippen molar-refractivity contribution >= 4 is 5.91 Å². The quantitative estimate of drug-likeness (QED) is 0.786. The first-order valence-electron chi connectivity index (χ1n) is 9.43. The van der Waals surface area contributed by atoms with Crippen molar-refractivity contribution in [1.29, 1.82) is 0 Å². The molecule has 0 bridgehead atoms. The molecule has 0 saturated carbocycles. The standard InChI is InChI=1S/C22H28N2O3/c1-17-8-9-18(20(14-17)27-19-6-4-3-5-7-19)15-24-21(25)22(16-26-2)10-12-23-13-11-22/h3-9,14,23H,10-13,15-16H2,1-2H3,(H,24,25). The van der Waals surface area contributed by atoms with Crippen LogP contribution < -0.4 is 15.4 Å². The monoisotopic (exact) mass is 368 g/mol. The third-order valence-corrected chi connectivity index (χ3v) is 5.10. The molecule has 144 valence electrons. The highest BCUT2D eigenvalue weighted by molar-refractivity contribution is 5.83. The maximum atomic E-state index is 13.0. The van der Waals surface area contributed by atoms with E-state index in [9.17, 15) is 4.79 Å². The lowest BCUT2D eigenvalue weighted by molar-refractivity contribution is -0.136. The maximum absolute atomic E-state index is 13.0. The van der Waals surface area contributed by atoms with Crippen LogP contribution in [0.1, 0.15) is 24.0 Å². The van der Waals surface area contributed by atoms with E-state index in [0.717, 1.165) is 48.6 Å². The van der Waals surface area contributed by atoms with Gasteiger partial charge >= 0.3 is 0 Å². The molecule has 0 aliphatic carbocycles. The highest BCUT2D eigenvalue weighted by atomic mass is 16.5. The van der Waals surface area contributed by atoms with E-state index >= 15 is 0 Å². The fraction of sp³-hybridized carbons (Fsp3) is 0.409. The molecule has 3 rings (SSSR count). The Kier molecular flexibility index (Phi) is 6.48. The van der Waals surface area contributed by atoms with Crippen molar-refractivity contribution in [3.05, 3.63) is 59.7 Å². The van der Waals surface area contributed by atoms with Crippen LogP contribution in [-0.2, 0) is 16.1 Å². The van der Waals surface area contributed by atoms with Crippen molar-refractivity contribution in [2.45, 2.75) is 26.3 Å². The topological polar surface area (TPSA) is 59.6 Å². The molecule has 0 spiro atoms. The van der Waals surface area contributed by atoms with Gasteiger partial charge in [0.2, 0.25) is 5.91 Å². The first kappa shape index (κ1) is 19.4. The number of nitrogens with one attached hydrogen (secondary N) is 2. The lowest BCUT2D eigenvalue weighted by Crippen LogP contribution is -2.49. The number of methoxy groups -OCH3 is 1. The second kappa shape index (κ2) is 9.02. The SMILES string of the molecule is COCC1(C(=O)NCc2ccc(C)cc2Oc2ccccc2)CCNCC1. The highest BCUT2D eigenvalue weighted by Gasteiger charge is 2.39. The minimum Gasteiger partial charge on any atom is -0.457 e. The van der Waals surface area contributed by atoms with Gasteiger partial charge in [-0.15, -0.1) is 0 Å². The molecule has 0 aromatic heterocycles. The lowest BCUT2D eigenvalue weighted by Gasteiger charge is -2.35. The minimum absolute atomic E-state index is 0.0529. The zero-order valence-corrected chi connectivity index (χ0v) is 16.1. The Hall–Kier alpha value is -2.37. The number of ether oxygens (including phenoxy) is 2. The first-order valence-corrected chi connectivity index (χ1v) is 9.43. The van der Waals surface area contributed by atoms with Crippen molar-refractivity contribution in [1.82, 2.24) is 10.6 Å². The van der Waals surface area contributed by atoms with E-state index in [-0.39, 0.29) is 5.91 Å². The van der Waals surface area contributed by atoms with Gasteiger partial charge in [0.05, 0.1) is 12.0 Å². The normalized spacial score (nSPS) is 15.9. The van der Waals surface area contributed by atoms with Gasteiger partial charge in [-0.05, 0) is 56.6 Å². The average Bonchev–Trinajstić information content (AvgIpc) is 2.69. The molecular formula is C22H28N2O3. The van der Waals surface area contributed by atoms with Gasteiger partial charge in [0.1, 0.15) is 11.5 Å². The number of benzene rings is 2. The molecule has 2 aromatic carbocycles. The van der Waals surface area contributed by atoms with Crippen molar-refractivity contribution in [3.63, 3.8) is 0 Å². The van der Waals surface area contributed by atoms with E-state index < -0.39 is 5.41 Å². The van der Waals surface area contributed by atoms with Crippen LogP contribution in [0.4, 0.5) is 0 Å². The zero-order valence-electron chi connectivity index (χ0n) is 16.1. The Morgan fingerprint density at radius 3 is 2.59 bits per heavy atom. The summed E-state index contributed by atoms with van der Waals surface area (Å²) in [5.74, 6) is 1.61. The molecule has 0 unspecified atom stereocenters. The number of carbonyl (C=O) groups excluding carboxylic acids is 1. The first-order chi connectivity index (χ1) is 13.1. The van der Waals surface area contributed by atoms with Crippen molar-refractivity contribution < 1.29 is 14.3 Å². The molecule has 1 aliphatic rings. The molecule has 27 heavy (non-hydrogen) atoms. The molecule has 1 saturated heterocycles. The molecule has 2 N–H and O–H groups in total. The molecule has 2 aromatic rings. The number of hydrogen-bond donors (Lipinski definition) is 2. The summed E-state index contributed by atoms with van der Waals surface area (Å²) in [6, 6.07) is 15.7. The van der Waals surface area contributed by atoms with Gasteiger partial charge in [-0.3, -0.25) is 4.79 Å². The van der Waals surface area contributed by atoms with Crippen LogP contribution in [0.3, 0.4) is 0 Å². The van der Waals surface area contributed by atoms with Crippen LogP contribution in [0, 0.1) is 12.3 Å². The Labute approximate surface area is 161 Å². The Balaban J connectivity index is 1.72. The molecule has 1 heterocycles. The predicted molar refractivity (Wildman–Crippen MR) is 106 cm³/mol. The van der Waals surface area contributed by atoms with Gasteiger partial charge in [-0.2, -0.15) is 0 Å². The highest BCUT2D eigenvalue weighted by Crippen LogP contribution is 2.30. The number of piperidine rings is 1. The van der Waals surface area contributed by atoms with E-state index in [2.05, 4.69) is 10.6 Å². The van der Waals surface area contributed by atoms with Gasteiger partial charge in [-0.1, -0.05) is 30.3 Å². The third-order valence-electron chi connectivity index (χ3n) is 5.10. The second-order valence-electron chi connectivity index (χ2n) is 7.17. The van der Waals surface area contributed by atoms with E-state index in [1.165, 1.54) is 0 Å². The van der Waals surface area contributed by atoms with Crippen LogP contribution in [0.15, 0.2) is 48.5 Å². The van der Waals surface area contributed by atoms with E-state index in [4.69, 9.17) is 9.47 Å². The summed E-state index contributed by atoms with van der Waals surface area (Å²) in [4.78, 5) is 13.0. The van der Waals surface area contributed by atoms with Crippen LogP contribution in [0.5, 0.6) is 11.5 Å². The summed E-state index contributed by atoms with van der Waals surface area (Å²) < 4.78 is 11.4. The van der Waals surface area contributed by atoms with Crippen LogP contribution in [-0.4, -0.2) is 32.7 Å². The van der Waals surface area contributed by atoms with Crippen LogP contribution in [0.25, 0.3) is 0 Å². The average molecular weight is 368 g/mol. The van der Waals surface area contributed by atoms with Crippen molar-refractivity contribution in [2.75, 3.05) is 26.8 Å². The number of amides is 1. The molecule has 0 atom stereocenters. The fourth-order valence-corrected chi connectivity index (χ4v) is 3.50. The largest absolute Gasteiger partial charge is 0.457 e. The Bertz CT molecular complexity index is 750. The van der Waals surface area contributed by atoms with Gasteiger partial charge < -0.3 is 20.1 Å². The number of hydrogen-bond acceptors (Lipinski definition) is 4. The second-order valence-corrected chi connectivity index (χ2v) is 7.17. The third kappa shape index (κ3) is 4.87. The molecule has 1 aliphatic heterocycles. The van der Waals surface area contributed by atoms with Crippen LogP contribution >= 0.6 is 0 Å². The van der Waals surface area contributed by atoms with Gasteiger partial charge in [-0.25, -0.2) is 0 Å². The van der Waals surface area contributed by atoms with E-state index in [1.54, 1.807) is 7.11 Å². The molecular weight excluding hydrogens is 340 g/mol. The molecule has 1 amide bonds. The number of rotatable bonds is 7. The summed E-state index contributed by atoms with van der Waals surface area (Å²) in [6.07, 6.45) is 1.57. The van der Waals surface area contributed by atoms with E-state index in [0.29, 0.717) is 13.2 Å². The van der Waals surface area contributed by atoms with Gasteiger partial charge in [0, 0.05) is 19.2 Å². The lowest BCUT2D eigenvalue weighted by atomic mass is 9.78. The Morgan fingerprint density at radius 1 is 1.15 bits per heavy atom. The molecule has 1 fully saturated rings. The van der Waals surface area contributed by atoms with Crippen LogP contribution in [0.2, 0.25) is 0 Å². The summed E-state index contributed by atoms with van der Waals surface area (Å²) in [7, 11) is 1.66. The summed E-state index contributed by atoms with van der Waals surface area (Å²) in [6.45, 7) is 4.58.